The molecule has 158 valence electrons. The van der Waals surface area contributed by atoms with E-state index in [2.05, 4.69) is 10.3 Å². The Bertz CT molecular complexity index is 1080. The molecule has 1 heterocycles. The van der Waals surface area contributed by atoms with Crippen molar-refractivity contribution in [3.63, 3.8) is 0 Å². The zero-order valence-corrected chi connectivity index (χ0v) is 16.3. The number of aldehydes is 1. The number of anilines is 1. The van der Waals surface area contributed by atoms with Crippen molar-refractivity contribution in [2.45, 2.75) is 31.3 Å². The lowest BCUT2D eigenvalue weighted by atomic mass is 9.98. The number of nitrogens with one attached hydrogen (secondary N) is 2. The summed E-state index contributed by atoms with van der Waals surface area (Å²) in [6, 6.07) is 13.2. The number of aliphatic hydroxyl groups is 4. The van der Waals surface area contributed by atoms with E-state index in [4.69, 9.17) is 5.11 Å². The second-order valence-corrected chi connectivity index (χ2v) is 7.12. The van der Waals surface area contributed by atoms with Gasteiger partial charge in [0, 0.05) is 11.1 Å². The third kappa shape index (κ3) is 4.27. The third-order valence-corrected chi connectivity index (χ3v) is 5.12. The summed E-state index contributed by atoms with van der Waals surface area (Å²) in [5, 5.41) is 42.0. The average molecular weight is 412 g/mol. The van der Waals surface area contributed by atoms with Crippen LogP contribution in [0.1, 0.15) is 5.56 Å². The Morgan fingerprint density at radius 2 is 1.77 bits per heavy atom. The van der Waals surface area contributed by atoms with E-state index in [1.807, 2.05) is 37.3 Å². The predicted octanol–water partition coefficient (Wildman–Crippen LogP) is 0.558. The first-order chi connectivity index (χ1) is 14.4. The van der Waals surface area contributed by atoms with Crippen LogP contribution in [0.3, 0.4) is 0 Å². The topological polar surface area (TPSA) is 143 Å². The molecule has 0 spiro atoms. The molecule has 2 aromatic carbocycles. The Balaban J connectivity index is 1.94. The van der Waals surface area contributed by atoms with Crippen molar-refractivity contribution in [3.8, 4) is 11.1 Å². The number of hydrogen-bond acceptors (Lipinski definition) is 7. The molecule has 0 unspecified atom stereocenters. The quantitative estimate of drug-likeness (QED) is 0.297. The molecular formula is C22H24N2O6. The Kier molecular flexibility index (Phi) is 6.63. The molecule has 0 aliphatic carbocycles. The Morgan fingerprint density at radius 1 is 1.07 bits per heavy atom. The monoisotopic (exact) mass is 412 g/mol. The van der Waals surface area contributed by atoms with Gasteiger partial charge in [-0.25, -0.2) is 0 Å². The van der Waals surface area contributed by atoms with Gasteiger partial charge >= 0.3 is 0 Å². The molecule has 0 bridgehead atoms. The van der Waals surface area contributed by atoms with Gasteiger partial charge in [0.05, 0.1) is 17.7 Å². The van der Waals surface area contributed by atoms with E-state index in [9.17, 15) is 24.9 Å². The normalized spacial score (nSPS) is 15.4. The van der Waals surface area contributed by atoms with Gasteiger partial charge in [-0.2, -0.15) is 0 Å². The number of H-pyrrole nitrogens is 1. The van der Waals surface area contributed by atoms with Crippen LogP contribution < -0.4 is 10.9 Å². The molecule has 0 saturated carbocycles. The largest absolute Gasteiger partial charge is 0.394 e. The zero-order chi connectivity index (χ0) is 21.8. The first kappa shape index (κ1) is 21.7. The molecule has 0 saturated heterocycles. The van der Waals surface area contributed by atoms with Crippen LogP contribution in [0.4, 0.5) is 5.69 Å². The van der Waals surface area contributed by atoms with Gasteiger partial charge in [-0.05, 0) is 30.2 Å². The van der Waals surface area contributed by atoms with E-state index >= 15 is 0 Å². The fraction of sp³-hybridized carbons (Fsp3) is 0.273. The van der Waals surface area contributed by atoms with Crippen LogP contribution >= 0.6 is 0 Å². The summed E-state index contributed by atoms with van der Waals surface area (Å²) in [6.45, 7) is 1.10. The van der Waals surface area contributed by atoms with E-state index < -0.39 is 31.0 Å². The first-order valence-corrected chi connectivity index (χ1v) is 9.46. The molecule has 1 aromatic heterocycles. The standard InChI is InChI=1S/C22H24N2O6/c1-12-15-8-7-14(23-17(10-25)20(28)21(29)18(27)11-26)9-16(15)24-22(30)19(12)13-5-3-2-4-6-13/h2-10,17-18,20-21,23,26-29H,11H2,1H3,(H,24,30)/t17-,18+,20+,21+/m0/s1. The van der Waals surface area contributed by atoms with Gasteiger partial charge in [0.15, 0.2) is 0 Å². The molecule has 8 nitrogen and oxygen atoms in total. The number of fused-ring (bicyclic) bond motifs is 1. The molecule has 3 rings (SSSR count). The summed E-state index contributed by atoms with van der Waals surface area (Å²) in [5.74, 6) is 0. The number of aromatic amines is 1. The van der Waals surface area contributed by atoms with Gasteiger partial charge in [-0.1, -0.05) is 36.4 Å². The van der Waals surface area contributed by atoms with Crippen LogP contribution in [0.5, 0.6) is 0 Å². The SMILES string of the molecule is Cc1c(-c2ccccc2)c(=O)[nH]c2cc(N[C@@H](C=O)[C@@H](O)[C@H](O)[C@H](O)CO)ccc12. The van der Waals surface area contributed by atoms with Crippen LogP contribution in [0.15, 0.2) is 53.3 Å². The number of benzene rings is 2. The fourth-order valence-electron chi connectivity index (χ4n) is 3.45. The molecule has 4 atom stereocenters. The van der Waals surface area contributed by atoms with Gasteiger partial charge in [-0.3, -0.25) is 4.79 Å². The molecule has 0 fully saturated rings. The highest BCUT2D eigenvalue weighted by Gasteiger charge is 2.31. The molecule has 3 aromatic rings. The summed E-state index contributed by atoms with van der Waals surface area (Å²) in [7, 11) is 0. The number of aromatic nitrogens is 1. The lowest BCUT2D eigenvalue weighted by molar-refractivity contribution is -0.117. The van der Waals surface area contributed by atoms with Crippen LogP contribution in [0.2, 0.25) is 0 Å². The van der Waals surface area contributed by atoms with Crippen molar-refractivity contribution in [2.24, 2.45) is 0 Å². The number of carbonyl (C=O) groups is 1. The zero-order valence-electron chi connectivity index (χ0n) is 16.3. The highest BCUT2D eigenvalue weighted by Crippen LogP contribution is 2.27. The maximum Gasteiger partial charge on any atom is 0.256 e. The van der Waals surface area contributed by atoms with Crippen molar-refractivity contribution >= 4 is 22.9 Å². The van der Waals surface area contributed by atoms with Crippen LogP contribution in [-0.4, -0.2) is 62.7 Å². The molecule has 0 aliphatic heterocycles. The summed E-state index contributed by atoms with van der Waals surface area (Å²) < 4.78 is 0. The summed E-state index contributed by atoms with van der Waals surface area (Å²) in [5.41, 5.74) is 2.90. The lowest BCUT2D eigenvalue weighted by Gasteiger charge is -2.27. The molecule has 8 heteroatoms. The van der Waals surface area contributed by atoms with E-state index in [0.717, 1.165) is 16.5 Å². The van der Waals surface area contributed by atoms with E-state index in [-0.39, 0.29) is 5.56 Å². The second kappa shape index (κ2) is 9.19. The van der Waals surface area contributed by atoms with Crippen molar-refractivity contribution in [3.05, 3.63) is 64.4 Å². The van der Waals surface area contributed by atoms with Crippen LogP contribution in [0, 0.1) is 6.92 Å². The lowest BCUT2D eigenvalue weighted by Crippen LogP contribution is -2.49. The number of rotatable bonds is 8. The molecule has 0 aliphatic rings. The summed E-state index contributed by atoms with van der Waals surface area (Å²) in [6.07, 6.45) is -4.55. The smallest absolute Gasteiger partial charge is 0.256 e. The minimum Gasteiger partial charge on any atom is -0.394 e. The number of hydrogen-bond donors (Lipinski definition) is 6. The van der Waals surface area contributed by atoms with Crippen molar-refractivity contribution in [2.75, 3.05) is 11.9 Å². The van der Waals surface area contributed by atoms with Gasteiger partial charge < -0.3 is 35.5 Å². The summed E-state index contributed by atoms with van der Waals surface area (Å²) in [4.78, 5) is 26.9. The molecule has 30 heavy (non-hydrogen) atoms. The van der Waals surface area contributed by atoms with E-state index in [1.165, 1.54) is 0 Å². The number of pyridine rings is 1. The Labute approximate surface area is 172 Å². The van der Waals surface area contributed by atoms with Crippen molar-refractivity contribution in [1.29, 1.82) is 0 Å². The van der Waals surface area contributed by atoms with Crippen molar-refractivity contribution < 1.29 is 25.2 Å². The van der Waals surface area contributed by atoms with Gasteiger partial charge in [0.2, 0.25) is 0 Å². The van der Waals surface area contributed by atoms with Gasteiger partial charge in [0.1, 0.15) is 30.6 Å². The predicted molar refractivity (Wildman–Crippen MR) is 113 cm³/mol. The molecular weight excluding hydrogens is 388 g/mol. The molecule has 0 radical (unpaired) electrons. The number of aryl methyl sites for hydroxylation is 1. The maximum atomic E-state index is 12.7. The third-order valence-electron chi connectivity index (χ3n) is 5.12. The Hall–Kier alpha value is -3.04. The minimum absolute atomic E-state index is 0.253. The van der Waals surface area contributed by atoms with Gasteiger partial charge in [0.25, 0.3) is 5.56 Å². The minimum atomic E-state index is -1.71. The number of carbonyl (C=O) groups excluding carboxylic acids is 1. The Morgan fingerprint density at radius 3 is 2.40 bits per heavy atom. The highest BCUT2D eigenvalue weighted by atomic mass is 16.4. The fourth-order valence-corrected chi connectivity index (χ4v) is 3.45. The molecule has 0 amide bonds. The first-order valence-electron chi connectivity index (χ1n) is 9.46. The van der Waals surface area contributed by atoms with Crippen molar-refractivity contribution in [1.82, 2.24) is 4.98 Å². The maximum absolute atomic E-state index is 12.7. The van der Waals surface area contributed by atoms with E-state index in [0.29, 0.717) is 23.1 Å². The average Bonchev–Trinajstić information content (AvgIpc) is 2.76. The van der Waals surface area contributed by atoms with Crippen LogP contribution in [-0.2, 0) is 4.79 Å². The molecule has 6 N–H and O–H groups in total. The number of aliphatic hydroxyl groups excluding tert-OH is 4. The van der Waals surface area contributed by atoms with E-state index in [1.54, 1.807) is 18.2 Å². The van der Waals surface area contributed by atoms with Crippen LogP contribution in [0.25, 0.3) is 22.0 Å². The van der Waals surface area contributed by atoms with Gasteiger partial charge in [-0.15, -0.1) is 0 Å². The summed E-state index contributed by atoms with van der Waals surface area (Å²) >= 11 is 0. The second-order valence-electron chi connectivity index (χ2n) is 7.12. The highest BCUT2D eigenvalue weighted by molar-refractivity contribution is 5.90.